The lowest BCUT2D eigenvalue weighted by molar-refractivity contribution is 0.177. The predicted molar refractivity (Wildman–Crippen MR) is 79.0 cm³/mol. The number of rotatable bonds is 3. The zero-order valence-electron chi connectivity index (χ0n) is 10.0. The van der Waals surface area contributed by atoms with Gasteiger partial charge < -0.3 is 5.11 Å². The first-order chi connectivity index (χ1) is 8.56. The van der Waals surface area contributed by atoms with Gasteiger partial charge in [0, 0.05) is 15.9 Å². The van der Waals surface area contributed by atoms with Crippen LogP contribution in [0.4, 0.5) is 0 Å². The van der Waals surface area contributed by atoms with Crippen molar-refractivity contribution in [2.45, 2.75) is 19.4 Å². The molecule has 94 valence electrons. The molecule has 0 heterocycles. The minimum absolute atomic E-state index is 0.497. The van der Waals surface area contributed by atoms with Crippen molar-refractivity contribution in [3.63, 3.8) is 0 Å². The predicted octanol–water partition coefficient (Wildman–Crippen LogP) is 4.69. The van der Waals surface area contributed by atoms with E-state index in [1.807, 2.05) is 49.4 Å². The van der Waals surface area contributed by atoms with Gasteiger partial charge in [-0.25, -0.2) is 0 Å². The molecule has 3 heteroatoms. The first-order valence-corrected chi connectivity index (χ1v) is 6.92. The van der Waals surface area contributed by atoms with Crippen LogP contribution in [0.15, 0.2) is 46.9 Å². The van der Waals surface area contributed by atoms with Crippen LogP contribution in [-0.2, 0) is 6.42 Å². The highest BCUT2D eigenvalue weighted by Crippen LogP contribution is 2.24. The Bertz CT molecular complexity index is 537. The van der Waals surface area contributed by atoms with E-state index in [2.05, 4.69) is 15.9 Å². The first kappa shape index (κ1) is 13.6. The van der Waals surface area contributed by atoms with Crippen LogP contribution in [0.5, 0.6) is 0 Å². The molecule has 1 atom stereocenters. The Morgan fingerprint density at radius 2 is 1.83 bits per heavy atom. The molecule has 18 heavy (non-hydrogen) atoms. The molecule has 0 amide bonds. The second kappa shape index (κ2) is 5.87. The number of halogens is 2. The summed E-state index contributed by atoms with van der Waals surface area (Å²) in [5.74, 6) is 0. The Morgan fingerprint density at radius 3 is 2.44 bits per heavy atom. The van der Waals surface area contributed by atoms with Crippen LogP contribution >= 0.6 is 27.5 Å². The van der Waals surface area contributed by atoms with Crippen LogP contribution < -0.4 is 0 Å². The lowest BCUT2D eigenvalue weighted by Gasteiger charge is -2.14. The maximum Gasteiger partial charge on any atom is 0.0832 e. The molecular formula is C15H14BrClO. The fraction of sp³-hybridized carbons (Fsp3) is 0.200. The monoisotopic (exact) mass is 324 g/mol. The molecule has 0 radical (unpaired) electrons. The second-order valence-corrected chi connectivity index (χ2v) is 5.70. The molecule has 2 aromatic rings. The Kier molecular flexibility index (Phi) is 4.44. The van der Waals surface area contributed by atoms with Crippen LogP contribution in [0.25, 0.3) is 0 Å². The summed E-state index contributed by atoms with van der Waals surface area (Å²) in [6.45, 7) is 1.96. The molecule has 1 nitrogen and oxygen atoms in total. The molecule has 1 unspecified atom stereocenters. The van der Waals surface area contributed by atoms with Gasteiger partial charge in [-0.2, -0.15) is 0 Å². The molecule has 1 N–H and O–H groups in total. The molecule has 0 saturated heterocycles. The topological polar surface area (TPSA) is 20.2 Å². The van der Waals surface area contributed by atoms with Crippen molar-refractivity contribution in [1.29, 1.82) is 0 Å². The van der Waals surface area contributed by atoms with Crippen molar-refractivity contribution < 1.29 is 5.11 Å². The lowest BCUT2D eigenvalue weighted by atomic mass is 9.98. The van der Waals surface area contributed by atoms with Crippen LogP contribution in [0.1, 0.15) is 22.8 Å². The van der Waals surface area contributed by atoms with E-state index < -0.39 is 6.10 Å². The zero-order valence-corrected chi connectivity index (χ0v) is 12.4. The average Bonchev–Trinajstić information content (AvgIpc) is 2.32. The number of aryl methyl sites for hydroxylation is 1. The number of aliphatic hydroxyl groups excluding tert-OH is 1. The Balaban J connectivity index is 2.16. The fourth-order valence-corrected chi connectivity index (χ4v) is 2.46. The van der Waals surface area contributed by atoms with E-state index in [4.69, 9.17) is 11.6 Å². The summed E-state index contributed by atoms with van der Waals surface area (Å²) in [6.07, 6.45) is 0.110. The summed E-state index contributed by atoms with van der Waals surface area (Å²) in [6, 6.07) is 13.6. The normalized spacial score (nSPS) is 12.4. The van der Waals surface area contributed by atoms with Gasteiger partial charge in [-0.1, -0.05) is 45.7 Å². The zero-order chi connectivity index (χ0) is 13.1. The van der Waals surface area contributed by atoms with Gasteiger partial charge in [-0.15, -0.1) is 0 Å². The number of aliphatic hydroxyl groups is 1. The van der Waals surface area contributed by atoms with E-state index in [0.717, 1.165) is 21.2 Å². The highest BCUT2D eigenvalue weighted by atomic mass is 79.9. The third kappa shape index (κ3) is 3.35. The molecule has 0 aliphatic heterocycles. The van der Waals surface area contributed by atoms with E-state index in [1.165, 1.54) is 0 Å². The quantitative estimate of drug-likeness (QED) is 0.868. The van der Waals surface area contributed by atoms with Crippen molar-refractivity contribution in [2.75, 3.05) is 0 Å². The smallest absolute Gasteiger partial charge is 0.0832 e. The number of hydrogen-bond donors (Lipinski definition) is 1. The molecule has 0 aromatic heterocycles. The van der Waals surface area contributed by atoms with E-state index >= 15 is 0 Å². The molecule has 0 saturated carbocycles. The van der Waals surface area contributed by atoms with Crippen molar-refractivity contribution >= 4 is 27.5 Å². The van der Waals surface area contributed by atoms with E-state index in [1.54, 1.807) is 0 Å². The maximum atomic E-state index is 10.3. The van der Waals surface area contributed by atoms with Crippen molar-refractivity contribution in [3.05, 3.63) is 68.7 Å². The largest absolute Gasteiger partial charge is 0.388 e. The molecule has 2 aromatic carbocycles. The van der Waals surface area contributed by atoms with Crippen LogP contribution in [0.3, 0.4) is 0 Å². The van der Waals surface area contributed by atoms with Gasteiger partial charge in [0.25, 0.3) is 0 Å². The molecule has 0 spiro atoms. The van der Waals surface area contributed by atoms with Gasteiger partial charge in [0.15, 0.2) is 0 Å². The summed E-state index contributed by atoms with van der Waals surface area (Å²) in [7, 11) is 0. The molecule has 0 aliphatic carbocycles. The maximum absolute atomic E-state index is 10.3. The third-order valence-electron chi connectivity index (χ3n) is 2.93. The van der Waals surface area contributed by atoms with E-state index in [0.29, 0.717) is 11.4 Å². The van der Waals surface area contributed by atoms with Gasteiger partial charge in [-0.3, -0.25) is 0 Å². The van der Waals surface area contributed by atoms with Crippen molar-refractivity contribution in [2.24, 2.45) is 0 Å². The van der Waals surface area contributed by atoms with Gasteiger partial charge in [0.2, 0.25) is 0 Å². The lowest BCUT2D eigenvalue weighted by Crippen LogP contribution is -2.03. The standard InChI is InChI=1S/C15H14BrClO/c1-10-8-13(17)6-7-14(10)15(18)9-11-2-4-12(16)5-3-11/h2-8,15,18H,9H2,1H3. The van der Waals surface area contributed by atoms with E-state index in [9.17, 15) is 5.11 Å². The SMILES string of the molecule is Cc1cc(Cl)ccc1C(O)Cc1ccc(Br)cc1. The summed E-state index contributed by atoms with van der Waals surface area (Å²) in [5, 5.41) is 11.0. The van der Waals surface area contributed by atoms with Crippen molar-refractivity contribution in [3.8, 4) is 0 Å². The number of hydrogen-bond acceptors (Lipinski definition) is 1. The highest BCUT2D eigenvalue weighted by molar-refractivity contribution is 9.10. The summed E-state index contributed by atoms with van der Waals surface area (Å²) >= 11 is 9.31. The summed E-state index contributed by atoms with van der Waals surface area (Å²) < 4.78 is 1.04. The molecule has 0 fully saturated rings. The van der Waals surface area contributed by atoms with Gasteiger partial charge >= 0.3 is 0 Å². The van der Waals surface area contributed by atoms with Crippen LogP contribution in [0.2, 0.25) is 5.02 Å². The Morgan fingerprint density at radius 1 is 1.17 bits per heavy atom. The average molecular weight is 326 g/mol. The highest BCUT2D eigenvalue weighted by Gasteiger charge is 2.11. The summed E-state index contributed by atoms with van der Waals surface area (Å²) in [4.78, 5) is 0. The molecule has 0 aliphatic rings. The van der Waals surface area contributed by atoms with Gasteiger partial charge in [0.1, 0.15) is 0 Å². The van der Waals surface area contributed by atoms with Crippen LogP contribution in [-0.4, -0.2) is 5.11 Å². The van der Waals surface area contributed by atoms with E-state index in [-0.39, 0.29) is 0 Å². The molecule has 0 bridgehead atoms. The number of benzene rings is 2. The second-order valence-electron chi connectivity index (χ2n) is 4.35. The minimum atomic E-state index is -0.497. The molecular weight excluding hydrogens is 312 g/mol. The van der Waals surface area contributed by atoms with Gasteiger partial charge in [-0.05, 0) is 47.9 Å². The fourth-order valence-electron chi connectivity index (χ4n) is 1.97. The third-order valence-corrected chi connectivity index (χ3v) is 3.70. The molecule has 2 rings (SSSR count). The summed E-state index contributed by atoms with van der Waals surface area (Å²) in [5.41, 5.74) is 3.06. The van der Waals surface area contributed by atoms with Gasteiger partial charge in [0.05, 0.1) is 6.10 Å². The first-order valence-electron chi connectivity index (χ1n) is 5.75. The Labute approximate surface area is 121 Å². The Hall–Kier alpha value is -0.830. The minimum Gasteiger partial charge on any atom is -0.388 e. The van der Waals surface area contributed by atoms with Crippen molar-refractivity contribution in [1.82, 2.24) is 0 Å². The van der Waals surface area contributed by atoms with Crippen LogP contribution in [0, 0.1) is 6.92 Å².